The van der Waals surface area contributed by atoms with E-state index in [9.17, 15) is 4.79 Å². The van der Waals surface area contributed by atoms with Crippen LogP contribution in [0.3, 0.4) is 0 Å². The molecule has 0 amide bonds. The first kappa shape index (κ1) is 17.3. The summed E-state index contributed by atoms with van der Waals surface area (Å²) in [6.45, 7) is 8.72. The number of carbonyl (C=O) groups is 1. The second-order valence-electron chi connectivity index (χ2n) is 6.88. The predicted octanol–water partition coefficient (Wildman–Crippen LogP) is 2.78. The van der Waals surface area contributed by atoms with Gasteiger partial charge in [-0.2, -0.15) is 0 Å². The van der Waals surface area contributed by atoms with Crippen LogP contribution >= 0.6 is 0 Å². The SMILES string of the molecule is COC(=O)[C@H]1CN(C)CC[C@H]1CCCC#C[Si](C)(C)C. The summed E-state index contributed by atoms with van der Waals surface area (Å²) in [6.07, 6.45) is 4.25. The molecule has 0 radical (unpaired) electrons. The van der Waals surface area contributed by atoms with Crippen molar-refractivity contribution >= 4 is 14.0 Å². The van der Waals surface area contributed by atoms with Gasteiger partial charge in [-0.15, -0.1) is 11.5 Å². The largest absolute Gasteiger partial charge is 0.469 e. The van der Waals surface area contributed by atoms with E-state index < -0.39 is 8.07 Å². The van der Waals surface area contributed by atoms with Gasteiger partial charge in [-0.25, -0.2) is 0 Å². The van der Waals surface area contributed by atoms with Gasteiger partial charge in [0.1, 0.15) is 8.07 Å². The molecule has 4 heteroatoms. The Balaban J connectivity index is 2.43. The number of methoxy groups -OCH3 is 1. The lowest BCUT2D eigenvalue weighted by atomic mass is 9.82. The maximum atomic E-state index is 11.9. The summed E-state index contributed by atoms with van der Waals surface area (Å²) in [7, 11) is 2.33. The van der Waals surface area contributed by atoms with E-state index in [0.717, 1.165) is 38.8 Å². The zero-order valence-corrected chi connectivity index (χ0v) is 14.7. The summed E-state index contributed by atoms with van der Waals surface area (Å²) in [4.78, 5) is 14.1. The van der Waals surface area contributed by atoms with Gasteiger partial charge >= 0.3 is 5.97 Å². The molecule has 0 aromatic heterocycles. The van der Waals surface area contributed by atoms with Gasteiger partial charge in [0, 0.05) is 13.0 Å². The topological polar surface area (TPSA) is 29.5 Å². The number of likely N-dealkylation sites (tertiary alicyclic amines) is 1. The Morgan fingerprint density at radius 1 is 1.40 bits per heavy atom. The van der Waals surface area contributed by atoms with Gasteiger partial charge in [0.05, 0.1) is 13.0 Å². The van der Waals surface area contributed by atoms with Gasteiger partial charge < -0.3 is 9.64 Å². The molecule has 3 nitrogen and oxygen atoms in total. The first-order valence-electron chi connectivity index (χ1n) is 7.60. The summed E-state index contributed by atoms with van der Waals surface area (Å²) in [5.41, 5.74) is 3.40. The molecular weight excluding hydrogens is 266 g/mol. The highest BCUT2D eigenvalue weighted by Gasteiger charge is 2.33. The van der Waals surface area contributed by atoms with Crippen molar-refractivity contribution in [3.63, 3.8) is 0 Å². The molecule has 0 N–H and O–H groups in total. The van der Waals surface area contributed by atoms with E-state index in [1.165, 1.54) is 7.11 Å². The number of carbonyl (C=O) groups excluding carboxylic acids is 1. The summed E-state index contributed by atoms with van der Waals surface area (Å²) in [6, 6.07) is 0. The molecule has 2 atom stereocenters. The summed E-state index contributed by atoms with van der Waals surface area (Å²) in [5, 5.41) is 0. The van der Waals surface area contributed by atoms with Crippen molar-refractivity contribution in [2.45, 2.75) is 45.3 Å². The van der Waals surface area contributed by atoms with E-state index in [-0.39, 0.29) is 11.9 Å². The molecule has 1 fully saturated rings. The molecule has 1 aliphatic heterocycles. The van der Waals surface area contributed by atoms with E-state index in [4.69, 9.17) is 4.74 Å². The van der Waals surface area contributed by atoms with Crippen molar-refractivity contribution in [3.05, 3.63) is 0 Å². The van der Waals surface area contributed by atoms with Crippen molar-refractivity contribution in [3.8, 4) is 11.5 Å². The van der Waals surface area contributed by atoms with Crippen LogP contribution in [0.5, 0.6) is 0 Å². The number of piperidine rings is 1. The van der Waals surface area contributed by atoms with Crippen LogP contribution in [0.1, 0.15) is 25.7 Å². The molecule has 20 heavy (non-hydrogen) atoms. The lowest BCUT2D eigenvalue weighted by Gasteiger charge is -2.35. The standard InChI is InChI=1S/C16H29NO2Si/c1-17-11-10-14(15(13-17)16(18)19-2)9-7-6-8-12-20(3,4)5/h14-15H,6-7,9-11,13H2,1-5H3/t14-,15+/m1/s1. The van der Waals surface area contributed by atoms with Gasteiger partial charge in [0.15, 0.2) is 0 Å². The summed E-state index contributed by atoms with van der Waals surface area (Å²) < 4.78 is 4.95. The Bertz CT molecular complexity index is 378. The lowest BCUT2D eigenvalue weighted by Crippen LogP contribution is -2.42. The fourth-order valence-electron chi connectivity index (χ4n) is 2.71. The van der Waals surface area contributed by atoms with Crippen LogP contribution in [0.15, 0.2) is 0 Å². The molecule has 0 spiro atoms. The van der Waals surface area contributed by atoms with Crippen molar-refractivity contribution in [2.75, 3.05) is 27.2 Å². The quantitative estimate of drug-likeness (QED) is 0.346. The highest BCUT2D eigenvalue weighted by atomic mass is 28.3. The minimum absolute atomic E-state index is 0.0451. The molecule has 114 valence electrons. The van der Waals surface area contributed by atoms with Gasteiger partial charge in [-0.1, -0.05) is 19.6 Å². The van der Waals surface area contributed by atoms with Crippen molar-refractivity contribution < 1.29 is 9.53 Å². The number of hydrogen-bond donors (Lipinski definition) is 0. The summed E-state index contributed by atoms with van der Waals surface area (Å²) in [5.74, 6) is 3.78. The van der Waals surface area contributed by atoms with E-state index in [2.05, 4.69) is 43.1 Å². The zero-order valence-electron chi connectivity index (χ0n) is 13.7. The lowest BCUT2D eigenvalue weighted by molar-refractivity contribution is -0.149. The first-order valence-corrected chi connectivity index (χ1v) is 11.1. The van der Waals surface area contributed by atoms with Crippen LogP contribution in [-0.4, -0.2) is 46.2 Å². The third kappa shape index (κ3) is 6.11. The minimum Gasteiger partial charge on any atom is -0.469 e. The molecule has 0 aromatic carbocycles. The molecule has 0 saturated carbocycles. The van der Waals surface area contributed by atoms with Crippen LogP contribution in [0, 0.1) is 23.3 Å². The van der Waals surface area contributed by atoms with Crippen LogP contribution in [0.2, 0.25) is 19.6 Å². The fraction of sp³-hybridized carbons (Fsp3) is 0.812. The van der Waals surface area contributed by atoms with E-state index >= 15 is 0 Å². The molecule has 0 bridgehead atoms. The molecular formula is C16H29NO2Si. The van der Waals surface area contributed by atoms with E-state index in [1.807, 2.05) is 0 Å². The van der Waals surface area contributed by atoms with Gasteiger partial charge in [0.2, 0.25) is 0 Å². The molecule has 0 aliphatic carbocycles. The van der Waals surface area contributed by atoms with Gasteiger partial charge in [0.25, 0.3) is 0 Å². The smallest absolute Gasteiger partial charge is 0.310 e. The first-order chi connectivity index (χ1) is 9.33. The van der Waals surface area contributed by atoms with Crippen molar-refractivity contribution in [1.29, 1.82) is 0 Å². The molecule has 1 aliphatic rings. The Kier molecular flexibility index (Phi) is 6.77. The molecule has 0 unspecified atom stereocenters. The third-order valence-electron chi connectivity index (χ3n) is 3.80. The number of esters is 1. The average Bonchev–Trinajstić information content (AvgIpc) is 2.37. The van der Waals surface area contributed by atoms with Crippen molar-refractivity contribution in [2.24, 2.45) is 11.8 Å². The third-order valence-corrected chi connectivity index (χ3v) is 4.73. The maximum Gasteiger partial charge on any atom is 0.310 e. The van der Waals surface area contributed by atoms with Crippen LogP contribution in [0.4, 0.5) is 0 Å². The number of hydrogen-bond acceptors (Lipinski definition) is 3. The number of rotatable bonds is 4. The highest BCUT2D eigenvalue weighted by molar-refractivity contribution is 6.83. The molecule has 1 saturated heterocycles. The number of ether oxygens (including phenoxy) is 1. The molecule has 1 rings (SSSR count). The second-order valence-corrected chi connectivity index (χ2v) is 11.6. The van der Waals surface area contributed by atoms with E-state index in [0.29, 0.717) is 5.92 Å². The van der Waals surface area contributed by atoms with Crippen LogP contribution in [0.25, 0.3) is 0 Å². The van der Waals surface area contributed by atoms with Gasteiger partial charge in [-0.05, 0) is 38.8 Å². The van der Waals surface area contributed by atoms with Crippen molar-refractivity contribution in [1.82, 2.24) is 4.90 Å². The monoisotopic (exact) mass is 295 g/mol. The Hall–Kier alpha value is -0.793. The maximum absolute atomic E-state index is 11.9. The van der Waals surface area contributed by atoms with E-state index in [1.54, 1.807) is 0 Å². The van der Waals surface area contributed by atoms with Gasteiger partial charge in [-0.3, -0.25) is 4.79 Å². The molecule has 0 aromatic rings. The minimum atomic E-state index is -1.23. The number of nitrogens with zero attached hydrogens (tertiary/aromatic N) is 1. The Morgan fingerprint density at radius 3 is 2.70 bits per heavy atom. The van der Waals surface area contributed by atoms with Crippen LogP contribution < -0.4 is 0 Å². The predicted molar refractivity (Wildman–Crippen MR) is 86.1 cm³/mol. The normalized spacial score (nSPS) is 23.9. The molecule has 1 heterocycles. The Morgan fingerprint density at radius 2 is 2.10 bits per heavy atom. The fourth-order valence-corrected chi connectivity index (χ4v) is 3.36. The highest BCUT2D eigenvalue weighted by Crippen LogP contribution is 2.28. The zero-order chi connectivity index (χ0) is 15.2. The Labute approximate surface area is 125 Å². The average molecular weight is 295 g/mol. The summed E-state index contributed by atoms with van der Waals surface area (Å²) >= 11 is 0. The van der Waals surface area contributed by atoms with Crippen LogP contribution in [-0.2, 0) is 9.53 Å². The second kappa shape index (κ2) is 7.85. The number of unbranched alkanes of at least 4 members (excludes halogenated alkanes) is 1.